The van der Waals surface area contributed by atoms with Gasteiger partial charge in [0, 0.05) is 10.9 Å². The molecule has 1 aromatic carbocycles. The summed E-state index contributed by atoms with van der Waals surface area (Å²) >= 11 is 0. The third kappa shape index (κ3) is 3.75. The van der Waals surface area contributed by atoms with Crippen LogP contribution < -0.4 is 10.2 Å². The Labute approximate surface area is 153 Å². The molecule has 2 heterocycles. The minimum atomic E-state index is -0.481. The van der Waals surface area contributed by atoms with E-state index in [0.29, 0.717) is 24.0 Å². The van der Waals surface area contributed by atoms with Crippen molar-refractivity contribution in [2.45, 2.75) is 45.6 Å². The molecule has 0 spiro atoms. The Morgan fingerprint density at radius 3 is 2.88 bits per heavy atom. The van der Waals surface area contributed by atoms with Gasteiger partial charge in [0.15, 0.2) is 6.54 Å². The number of H-pyrrole nitrogens is 1. The lowest BCUT2D eigenvalue weighted by molar-refractivity contribution is -0.923. The molecule has 1 fully saturated rings. The molecule has 1 amide bonds. The van der Waals surface area contributed by atoms with Gasteiger partial charge < -0.3 is 19.9 Å². The standard InChI is InChI=1S/C20H27N3O3/c1-4-14-7-5-6-10-23(14)12-17(24)22-18-15-11-13(2)8-9-16(15)21-19(18)20(25)26-3/h8-9,11,14,21H,4-7,10,12H2,1-3H3,(H,22,24)/p+1/t14-/m0/s1. The first-order chi connectivity index (χ1) is 12.5. The molecule has 6 nitrogen and oxygen atoms in total. The number of piperidine rings is 1. The third-order valence-electron chi connectivity index (χ3n) is 5.37. The summed E-state index contributed by atoms with van der Waals surface area (Å²) in [6, 6.07) is 6.39. The average molecular weight is 358 g/mol. The van der Waals surface area contributed by atoms with Crippen LogP contribution in [0.4, 0.5) is 5.69 Å². The zero-order valence-corrected chi connectivity index (χ0v) is 15.8. The van der Waals surface area contributed by atoms with E-state index in [2.05, 4.69) is 17.2 Å². The summed E-state index contributed by atoms with van der Waals surface area (Å²) in [5.41, 5.74) is 2.69. The van der Waals surface area contributed by atoms with Crippen LogP contribution in [-0.2, 0) is 9.53 Å². The Bertz CT molecular complexity index is 812. The van der Waals surface area contributed by atoms with E-state index in [1.807, 2.05) is 25.1 Å². The van der Waals surface area contributed by atoms with Crippen LogP contribution in [-0.4, -0.2) is 43.1 Å². The number of nitrogens with one attached hydrogen (secondary N) is 3. The van der Waals surface area contributed by atoms with E-state index in [9.17, 15) is 9.59 Å². The maximum absolute atomic E-state index is 12.7. The zero-order valence-electron chi connectivity index (χ0n) is 15.8. The SMILES string of the molecule is CC[C@H]1CCCC[NH+]1CC(=O)Nc1c(C(=O)OC)[nH]c2ccc(C)cc12. The van der Waals surface area contributed by atoms with E-state index >= 15 is 0 Å². The monoisotopic (exact) mass is 358 g/mol. The van der Waals surface area contributed by atoms with Gasteiger partial charge in [-0.15, -0.1) is 0 Å². The molecular formula is C20H28N3O3+. The smallest absolute Gasteiger partial charge is 0.356 e. The minimum absolute atomic E-state index is 0.0621. The van der Waals surface area contributed by atoms with Crippen LogP contribution in [0.2, 0.25) is 0 Å². The number of esters is 1. The van der Waals surface area contributed by atoms with Crippen LogP contribution in [0.15, 0.2) is 18.2 Å². The molecule has 0 bridgehead atoms. The number of likely N-dealkylation sites (tertiary alicyclic amines) is 1. The molecule has 3 rings (SSSR count). The highest BCUT2D eigenvalue weighted by Crippen LogP contribution is 2.29. The number of aromatic amines is 1. The van der Waals surface area contributed by atoms with E-state index < -0.39 is 5.97 Å². The van der Waals surface area contributed by atoms with Gasteiger partial charge in [-0.2, -0.15) is 0 Å². The molecule has 0 saturated carbocycles. The number of fused-ring (bicyclic) bond motifs is 1. The summed E-state index contributed by atoms with van der Waals surface area (Å²) in [6.07, 6.45) is 4.68. The number of aromatic nitrogens is 1. The van der Waals surface area contributed by atoms with Gasteiger partial charge in [0.25, 0.3) is 5.91 Å². The Kier molecular flexibility index (Phi) is 5.61. The Morgan fingerprint density at radius 1 is 1.35 bits per heavy atom. The van der Waals surface area contributed by atoms with Crippen LogP contribution in [0.1, 0.15) is 48.7 Å². The van der Waals surface area contributed by atoms with Crippen molar-refractivity contribution in [2.75, 3.05) is 25.5 Å². The van der Waals surface area contributed by atoms with Gasteiger partial charge in [-0.25, -0.2) is 4.79 Å². The molecule has 1 aliphatic rings. The zero-order chi connectivity index (χ0) is 18.7. The second kappa shape index (κ2) is 7.91. The lowest BCUT2D eigenvalue weighted by atomic mass is 10.00. The van der Waals surface area contributed by atoms with Crippen molar-refractivity contribution in [1.29, 1.82) is 0 Å². The van der Waals surface area contributed by atoms with Crippen LogP contribution in [0.5, 0.6) is 0 Å². The van der Waals surface area contributed by atoms with Crippen molar-refractivity contribution >= 4 is 28.5 Å². The molecule has 3 N–H and O–H groups in total. The van der Waals surface area contributed by atoms with Crippen molar-refractivity contribution in [3.05, 3.63) is 29.5 Å². The number of amides is 1. The fraction of sp³-hybridized carbons (Fsp3) is 0.500. The molecule has 0 aliphatic carbocycles. The summed E-state index contributed by atoms with van der Waals surface area (Å²) in [5.74, 6) is -0.543. The van der Waals surface area contributed by atoms with Crippen LogP contribution >= 0.6 is 0 Å². The first-order valence-corrected chi connectivity index (χ1v) is 9.38. The predicted molar refractivity (Wildman–Crippen MR) is 102 cm³/mol. The Morgan fingerprint density at radius 2 is 2.15 bits per heavy atom. The first-order valence-electron chi connectivity index (χ1n) is 9.38. The molecule has 1 aliphatic heterocycles. The summed E-state index contributed by atoms with van der Waals surface area (Å²) in [5, 5.41) is 3.81. The molecule has 0 radical (unpaired) electrons. The van der Waals surface area contributed by atoms with Gasteiger partial charge in [-0.05, 0) is 44.7 Å². The molecule has 1 aromatic heterocycles. The number of carbonyl (C=O) groups is 2. The number of hydrogen-bond donors (Lipinski definition) is 3. The van der Waals surface area contributed by atoms with Gasteiger partial charge in [-0.3, -0.25) is 4.79 Å². The maximum Gasteiger partial charge on any atom is 0.356 e. The first kappa shape index (κ1) is 18.5. The van der Waals surface area contributed by atoms with E-state index in [0.717, 1.165) is 29.4 Å². The summed E-state index contributed by atoms with van der Waals surface area (Å²) in [6.45, 7) is 5.63. The van der Waals surface area contributed by atoms with E-state index in [4.69, 9.17) is 4.74 Å². The average Bonchev–Trinajstić information content (AvgIpc) is 2.99. The quantitative estimate of drug-likeness (QED) is 0.716. The fourth-order valence-corrected chi connectivity index (χ4v) is 3.96. The molecule has 140 valence electrons. The molecule has 6 heteroatoms. The number of benzene rings is 1. The Balaban J connectivity index is 1.85. The Hall–Kier alpha value is -2.34. The maximum atomic E-state index is 12.7. The third-order valence-corrected chi connectivity index (χ3v) is 5.37. The highest BCUT2D eigenvalue weighted by Gasteiger charge is 2.28. The number of quaternary nitrogens is 1. The molecular weight excluding hydrogens is 330 g/mol. The van der Waals surface area contributed by atoms with Crippen molar-refractivity contribution in [3.63, 3.8) is 0 Å². The number of methoxy groups -OCH3 is 1. The number of carbonyl (C=O) groups excluding carboxylic acids is 2. The number of ether oxygens (including phenoxy) is 1. The van der Waals surface area contributed by atoms with Crippen molar-refractivity contribution < 1.29 is 19.2 Å². The topological polar surface area (TPSA) is 75.6 Å². The number of hydrogen-bond acceptors (Lipinski definition) is 3. The molecule has 2 atom stereocenters. The number of rotatable bonds is 5. The number of anilines is 1. The van der Waals surface area contributed by atoms with Crippen LogP contribution in [0, 0.1) is 6.92 Å². The highest BCUT2D eigenvalue weighted by atomic mass is 16.5. The molecule has 26 heavy (non-hydrogen) atoms. The van der Waals surface area contributed by atoms with Crippen LogP contribution in [0.25, 0.3) is 10.9 Å². The summed E-state index contributed by atoms with van der Waals surface area (Å²) in [7, 11) is 1.34. The van der Waals surface area contributed by atoms with Gasteiger partial charge in [0.1, 0.15) is 5.69 Å². The predicted octanol–water partition coefficient (Wildman–Crippen LogP) is 2.05. The molecule has 2 aromatic rings. The fourth-order valence-electron chi connectivity index (χ4n) is 3.96. The van der Waals surface area contributed by atoms with Gasteiger partial charge >= 0.3 is 5.97 Å². The lowest BCUT2D eigenvalue weighted by Gasteiger charge is -2.31. The highest BCUT2D eigenvalue weighted by molar-refractivity contribution is 6.11. The van der Waals surface area contributed by atoms with Crippen molar-refractivity contribution in [1.82, 2.24) is 4.98 Å². The van der Waals surface area contributed by atoms with E-state index in [1.54, 1.807) is 0 Å². The van der Waals surface area contributed by atoms with Crippen molar-refractivity contribution in [3.8, 4) is 0 Å². The van der Waals surface area contributed by atoms with Gasteiger partial charge in [0.2, 0.25) is 0 Å². The summed E-state index contributed by atoms with van der Waals surface area (Å²) < 4.78 is 4.88. The molecule has 1 unspecified atom stereocenters. The second-order valence-electron chi connectivity index (χ2n) is 7.15. The van der Waals surface area contributed by atoms with Crippen molar-refractivity contribution in [2.24, 2.45) is 0 Å². The van der Waals surface area contributed by atoms with E-state index in [1.165, 1.54) is 31.3 Å². The van der Waals surface area contributed by atoms with E-state index in [-0.39, 0.29) is 5.91 Å². The minimum Gasteiger partial charge on any atom is -0.464 e. The van der Waals surface area contributed by atoms with Gasteiger partial charge in [-0.1, -0.05) is 18.6 Å². The number of aryl methyl sites for hydroxylation is 1. The largest absolute Gasteiger partial charge is 0.464 e. The lowest BCUT2D eigenvalue weighted by Crippen LogP contribution is -3.17. The second-order valence-corrected chi connectivity index (χ2v) is 7.15. The van der Waals surface area contributed by atoms with Gasteiger partial charge in [0.05, 0.1) is 25.4 Å². The molecule has 1 saturated heterocycles. The van der Waals surface area contributed by atoms with Crippen LogP contribution in [0.3, 0.4) is 0 Å². The summed E-state index contributed by atoms with van der Waals surface area (Å²) in [4.78, 5) is 29.3. The normalized spacial score (nSPS) is 20.1.